The summed E-state index contributed by atoms with van der Waals surface area (Å²) in [5.74, 6) is 1.48. The van der Waals surface area contributed by atoms with Crippen LogP contribution in [0, 0.1) is 19.8 Å². The van der Waals surface area contributed by atoms with Crippen molar-refractivity contribution in [3.05, 3.63) is 17.0 Å². The van der Waals surface area contributed by atoms with Gasteiger partial charge in [-0.25, -0.2) is 0 Å². The van der Waals surface area contributed by atoms with Crippen LogP contribution in [0.4, 0.5) is 0 Å². The van der Waals surface area contributed by atoms with E-state index in [0.29, 0.717) is 5.92 Å². The van der Waals surface area contributed by atoms with E-state index in [1.54, 1.807) is 7.05 Å². The summed E-state index contributed by atoms with van der Waals surface area (Å²) in [7, 11) is 3.76. The molecule has 7 nitrogen and oxygen atoms in total. The van der Waals surface area contributed by atoms with Crippen LogP contribution in [0.25, 0.3) is 0 Å². The van der Waals surface area contributed by atoms with Gasteiger partial charge in [-0.3, -0.25) is 9.67 Å². The molecular weight excluding hydrogens is 318 g/mol. The predicted molar refractivity (Wildman–Crippen MR) is 99.9 cm³/mol. The molecule has 0 saturated carbocycles. The van der Waals surface area contributed by atoms with Gasteiger partial charge in [0.25, 0.3) is 0 Å². The van der Waals surface area contributed by atoms with Gasteiger partial charge < -0.3 is 20.1 Å². The van der Waals surface area contributed by atoms with Gasteiger partial charge in [0.15, 0.2) is 5.96 Å². The molecule has 0 bridgehead atoms. The molecule has 0 aromatic carbocycles. The molecule has 1 saturated heterocycles. The van der Waals surface area contributed by atoms with Crippen molar-refractivity contribution in [3.8, 4) is 0 Å². The lowest BCUT2D eigenvalue weighted by molar-refractivity contribution is 0.0203. The summed E-state index contributed by atoms with van der Waals surface area (Å²) in [5, 5.41) is 11.1. The van der Waals surface area contributed by atoms with Crippen LogP contribution in [0.15, 0.2) is 4.99 Å². The van der Waals surface area contributed by atoms with E-state index in [1.165, 1.54) is 11.3 Å². The second kappa shape index (κ2) is 10.4. The Morgan fingerprint density at radius 2 is 2.08 bits per heavy atom. The number of nitrogens with one attached hydrogen (secondary N) is 2. The minimum absolute atomic E-state index is 0.669. The molecule has 0 spiro atoms. The molecule has 25 heavy (non-hydrogen) atoms. The SMILES string of the molecule is CN=C(NCCCOCC1CCOCC1)NCc1c(C)nn(C)c1C. The topological polar surface area (TPSA) is 72.7 Å². The lowest BCUT2D eigenvalue weighted by Crippen LogP contribution is -2.37. The standard InChI is InChI=1S/C18H33N5O2/c1-14-17(15(2)23(4)22-14)12-21-18(19-3)20-8-5-9-25-13-16-6-10-24-11-7-16/h16H,5-13H2,1-4H3,(H2,19,20,21). The van der Waals surface area contributed by atoms with Gasteiger partial charge in [-0.05, 0) is 39.0 Å². The van der Waals surface area contributed by atoms with E-state index < -0.39 is 0 Å². The van der Waals surface area contributed by atoms with Crippen molar-refractivity contribution >= 4 is 5.96 Å². The molecule has 0 radical (unpaired) electrons. The summed E-state index contributed by atoms with van der Waals surface area (Å²) in [6, 6.07) is 0. The van der Waals surface area contributed by atoms with Crippen molar-refractivity contribution in [1.82, 2.24) is 20.4 Å². The first-order valence-corrected chi connectivity index (χ1v) is 9.21. The lowest BCUT2D eigenvalue weighted by Gasteiger charge is -2.21. The maximum Gasteiger partial charge on any atom is 0.191 e. The number of guanidine groups is 1. The van der Waals surface area contributed by atoms with Crippen molar-refractivity contribution in [1.29, 1.82) is 0 Å². The van der Waals surface area contributed by atoms with Gasteiger partial charge in [-0.1, -0.05) is 0 Å². The van der Waals surface area contributed by atoms with Gasteiger partial charge in [-0.15, -0.1) is 0 Å². The lowest BCUT2D eigenvalue weighted by atomic mass is 10.0. The second-order valence-corrected chi connectivity index (χ2v) is 6.61. The highest BCUT2D eigenvalue weighted by Crippen LogP contribution is 2.14. The highest BCUT2D eigenvalue weighted by molar-refractivity contribution is 5.79. The van der Waals surface area contributed by atoms with Gasteiger partial charge in [-0.2, -0.15) is 5.10 Å². The number of hydrogen-bond donors (Lipinski definition) is 2. The van der Waals surface area contributed by atoms with Gasteiger partial charge in [0.1, 0.15) is 0 Å². The fourth-order valence-corrected chi connectivity index (χ4v) is 3.01. The smallest absolute Gasteiger partial charge is 0.191 e. The first kappa shape index (κ1) is 19.7. The number of aryl methyl sites for hydroxylation is 2. The van der Waals surface area contributed by atoms with Crippen molar-refractivity contribution < 1.29 is 9.47 Å². The van der Waals surface area contributed by atoms with Crippen LogP contribution in [0.5, 0.6) is 0 Å². The number of aromatic nitrogens is 2. The van der Waals surface area contributed by atoms with Crippen LogP contribution >= 0.6 is 0 Å². The largest absolute Gasteiger partial charge is 0.381 e. The minimum atomic E-state index is 0.669. The van der Waals surface area contributed by atoms with Crippen LogP contribution in [-0.2, 0) is 23.1 Å². The van der Waals surface area contributed by atoms with E-state index in [1.807, 2.05) is 18.7 Å². The van der Waals surface area contributed by atoms with Gasteiger partial charge in [0.2, 0.25) is 0 Å². The molecule has 0 atom stereocenters. The Bertz CT molecular complexity index is 550. The van der Waals surface area contributed by atoms with Crippen LogP contribution in [0.2, 0.25) is 0 Å². The quantitative estimate of drug-likeness (QED) is 0.422. The highest BCUT2D eigenvalue weighted by Gasteiger charge is 2.13. The molecule has 1 aromatic rings. The molecule has 0 aliphatic carbocycles. The average molecular weight is 351 g/mol. The molecule has 142 valence electrons. The van der Waals surface area contributed by atoms with Crippen molar-refractivity contribution in [2.45, 2.75) is 39.7 Å². The van der Waals surface area contributed by atoms with Crippen molar-refractivity contribution in [2.24, 2.45) is 18.0 Å². The summed E-state index contributed by atoms with van der Waals surface area (Å²) < 4.78 is 13.1. The first-order chi connectivity index (χ1) is 12.1. The minimum Gasteiger partial charge on any atom is -0.381 e. The summed E-state index contributed by atoms with van der Waals surface area (Å²) in [6.07, 6.45) is 3.22. The number of hydrogen-bond acceptors (Lipinski definition) is 4. The third kappa shape index (κ3) is 6.32. The normalized spacial score (nSPS) is 16.2. The Morgan fingerprint density at radius 1 is 1.32 bits per heavy atom. The van der Waals surface area contributed by atoms with E-state index >= 15 is 0 Å². The van der Waals surface area contributed by atoms with Crippen LogP contribution in [0.3, 0.4) is 0 Å². The number of aliphatic imine (C=N–C) groups is 1. The van der Waals surface area contributed by atoms with E-state index in [4.69, 9.17) is 9.47 Å². The van der Waals surface area contributed by atoms with Crippen molar-refractivity contribution in [2.75, 3.05) is 40.0 Å². The summed E-state index contributed by atoms with van der Waals surface area (Å²) in [4.78, 5) is 4.27. The first-order valence-electron chi connectivity index (χ1n) is 9.21. The zero-order chi connectivity index (χ0) is 18.1. The fourth-order valence-electron chi connectivity index (χ4n) is 3.01. The van der Waals surface area contributed by atoms with E-state index in [0.717, 1.165) is 70.4 Å². The Balaban J connectivity index is 1.58. The summed E-state index contributed by atoms with van der Waals surface area (Å²) in [5.41, 5.74) is 3.47. The summed E-state index contributed by atoms with van der Waals surface area (Å²) in [6.45, 7) is 9.10. The van der Waals surface area contributed by atoms with Crippen LogP contribution in [-0.4, -0.2) is 55.8 Å². The molecule has 2 N–H and O–H groups in total. The van der Waals surface area contributed by atoms with Gasteiger partial charge in [0, 0.05) is 64.9 Å². The van der Waals surface area contributed by atoms with Crippen LogP contribution < -0.4 is 10.6 Å². The summed E-state index contributed by atoms with van der Waals surface area (Å²) >= 11 is 0. The molecular formula is C18H33N5O2. The van der Waals surface area contributed by atoms with E-state index in [2.05, 4.69) is 27.6 Å². The molecule has 0 amide bonds. The molecule has 7 heteroatoms. The maximum atomic E-state index is 5.79. The molecule has 0 unspecified atom stereocenters. The third-order valence-corrected chi connectivity index (χ3v) is 4.77. The number of rotatable bonds is 8. The fraction of sp³-hybridized carbons (Fsp3) is 0.778. The molecule has 1 aromatic heterocycles. The monoisotopic (exact) mass is 351 g/mol. The zero-order valence-electron chi connectivity index (χ0n) is 16.1. The van der Waals surface area contributed by atoms with Crippen molar-refractivity contribution in [3.63, 3.8) is 0 Å². The molecule has 1 aliphatic heterocycles. The highest BCUT2D eigenvalue weighted by atomic mass is 16.5. The Morgan fingerprint density at radius 3 is 2.72 bits per heavy atom. The number of ether oxygens (including phenoxy) is 2. The molecule has 2 rings (SSSR count). The van der Waals surface area contributed by atoms with Crippen LogP contribution in [0.1, 0.15) is 36.2 Å². The zero-order valence-corrected chi connectivity index (χ0v) is 16.1. The predicted octanol–water partition coefficient (Wildman–Crippen LogP) is 1.54. The van der Waals surface area contributed by atoms with Gasteiger partial charge in [0.05, 0.1) is 5.69 Å². The average Bonchev–Trinajstić information content (AvgIpc) is 2.87. The third-order valence-electron chi connectivity index (χ3n) is 4.77. The maximum absolute atomic E-state index is 5.79. The molecule has 1 fully saturated rings. The Labute approximate surface area is 151 Å². The van der Waals surface area contributed by atoms with E-state index in [-0.39, 0.29) is 0 Å². The Kier molecular flexibility index (Phi) is 8.21. The van der Waals surface area contributed by atoms with Gasteiger partial charge >= 0.3 is 0 Å². The van der Waals surface area contributed by atoms with E-state index in [9.17, 15) is 0 Å². The molecule has 1 aliphatic rings. The Hall–Kier alpha value is -1.60. The number of nitrogens with zero attached hydrogens (tertiary/aromatic N) is 3. The second-order valence-electron chi connectivity index (χ2n) is 6.61. The molecule has 2 heterocycles.